The molecule has 1 aliphatic rings. The molecule has 8 nitrogen and oxygen atoms in total. The van der Waals surface area contributed by atoms with Gasteiger partial charge in [-0.3, -0.25) is 19.4 Å². The van der Waals surface area contributed by atoms with Crippen LogP contribution in [0.1, 0.15) is 42.7 Å². The molecule has 0 saturated heterocycles. The topological polar surface area (TPSA) is 125 Å². The van der Waals surface area contributed by atoms with Gasteiger partial charge in [-0.2, -0.15) is 0 Å². The van der Waals surface area contributed by atoms with Crippen molar-refractivity contribution in [1.29, 1.82) is 0 Å². The Hall–Kier alpha value is -2.43. The molecule has 11 heteroatoms. The Morgan fingerprint density at radius 2 is 1.88 bits per heavy atom. The van der Waals surface area contributed by atoms with E-state index in [2.05, 4.69) is 10.7 Å². The van der Waals surface area contributed by atoms with Gasteiger partial charge in [-0.05, 0) is 48.7 Å². The molecule has 1 aromatic heterocycles. The minimum Gasteiger partial charge on any atom is -0.481 e. The molecular formula is C23H28Cl2N4O4S. The second-order valence-electron chi connectivity index (χ2n) is 7.60. The van der Waals surface area contributed by atoms with Gasteiger partial charge in [0.15, 0.2) is 0 Å². The molecule has 0 saturated carbocycles. The highest BCUT2D eigenvalue weighted by Crippen LogP contribution is 2.23. The van der Waals surface area contributed by atoms with Crippen LogP contribution in [0, 0.1) is 0 Å². The average Bonchev–Trinajstić information content (AvgIpc) is 3.19. The number of aliphatic carboxylic acids is 1. The number of halogens is 2. The Balaban J connectivity index is 0.000000945. The van der Waals surface area contributed by atoms with Crippen molar-refractivity contribution in [3.05, 3.63) is 66.8 Å². The summed E-state index contributed by atoms with van der Waals surface area (Å²) in [5.74, 6) is -1.21. The first-order valence-corrected chi connectivity index (χ1v) is 12.1. The van der Waals surface area contributed by atoms with Gasteiger partial charge in [-0.1, -0.05) is 34.8 Å². The van der Waals surface area contributed by atoms with E-state index in [1.54, 1.807) is 17.1 Å². The molecule has 0 radical (unpaired) electrons. The lowest BCUT2D eigenvalue weighted by atomic mass is 9.98. The number of hydrogen-bond acceptors (Lipinski definition) is 6. The van der Waals surface area contributed by atoms with Crippen molar-refractivity contribution >= 4 is 52.3 Å². The summed E-state index contributed by atoms with van der Waals surface area (Å²) in [5.41, 5.74) is 12.2. The number of carboxylic acids is 1. The van der Waals surface area contributed by atoms with Crippen molar-refractivity contribution in [2.24, 2.45) is 5.73 Å². The van der Waals surface area contributed by atoms with E-state index in [9.17, 15) is 9.59 Å². The van der Waals surface area contributed by atoms with Crippen molar-refractivity contribution in [2.75, 3.05) is 6.54 Å². The summed E-state index contributed by atoms with van der Waals surface area (Å²) in [7, 11) is 0. The number of carbonyl (C=O) groups is 3. The van der Waals surface area contributed by atoms with Crippen LogP contribution in [0.2, 0.25) is 9.36 Å². The molecule has 184 valence electrons. The molecule has 0 fully saturated rings. The number of hydrazine groups is 1. The molecule has 0 aliphatic carbocycles. The number of amides is 2. The third-order valence-corrected chi connectivity index (χ3v) is 6.47. The monoisotopic (exact) mass is 526 g/mol. The molecule has 1 aliphatic heterocycles. The summed E-state index contributed by atoms with van der Waals surface area (Å²) in [6.45, 7) is 4.74. The zero-order valence-electron chi connectivity index (χ0n) is 19.0. The van der Waals surface area contributed by atoms with Gasteiger partial charge in [0, 0.05) is 48.6 Å². The number of hydrogen-bond donors (Lipinski definition) is 4. The van der Waals surface area contributed by atoms with Crippen molar-refractivity contribution in [2.45, 2.75) is 46.3 Å². The minimum atomic E-state index is -0.833. The van der Waals surface area contributed by atoms with E-state index in [-0.39, 0.29) is 18.2 Å². The predicted octanol–water partition coefficient (Wildman–Crippen LogP) is 3.86. The number of nitrogens with one attached hydrogen (secondary N) is 2. The third-order valence-electron chi connectivity index (χ3n) is 5.00. The van der Waals surface area contributed by atoms with Crippen LogP contribution in [-0.4, -0.2) is 34.4 Å². The normalized spacial score (nSPS) is 13.4. The van der Waals surface area contributed by atoms with Crippen LogP contribution in [0.4, 0.5) is 0 Å². The first-order chi connectivity index (χ1) is 16.1. The summed E-state index contributed by atoms with van der Waals surface area (Å²) < 4.78 is 0.711. The van der Waals surface area contributed by atoms with Crippen LogP contribution < -0.4 is 16.5 Å². The summed E-state index contributed by atoms with van der Waals surface area (Å²) >= 11 is 13.5. The summed E-state index contributed by atoms with van der Waals surface area (Å²) in [4.78, 5) is 35.5. The molecule has 2 aromatic rings. The molecule has 2 heterocycles. The maximum Gasteiger partial charge on any atom is 0.300 e. The van der Waals surface area contributed by atoms with Gasteiger partial charge in [0.05, 0.1) is 10.8 Å². The fourth-order valence-electron chi connectivity index (χ4n) is 3.25. The Bertz CT molecular complexity index is 1070. The van der Waals surface area contributed by atoms with Gasteiger partial charge in [-0.25, -0.2) is 5.43 Å². The standard InChI is InChI=1S/C21H24Cl2N4O2S.C2H4O2/c1-13-6-7-27(26-12-17-4-5-19(23)30-17)21(29)18(13)9-20(28)25-11-15-8-16(22)3-2-14(15)10-24;1-2(3)4/h2-5,8,26H,6-7,9-12,24H2,1H3,(H,25,28);1H3,(H,3,4). The highest BCUT2D eigenvalue weighted by molar-refractivity contribution is 7.16. The molecule has 3 rings (SSSR count). The number of carboxylic acid groups (broad SMARTS) is 1. The number of benzene rings is 1. The number of carbonyl (C=O) groups excluding carboxylic acids is 2. The van der Waals surface area contributed by atoms with E-state index in [0.717, 1.165) is 34.9 Å². The molecule has 0 bridgehead atoms. The lowest BCUT2D eigenvalue weighted by Gasteiger charge is -2.29. The zero-order chi connectivity index (χ0) is 25.3. The minimum absolute atomic E-state index is 0.0339. The largest absolute Gasteiger partial charge is 0.481 e. The smallest absolute Gasteiger partial charge is 0.300 e. The number of rotatable bonds is 8. The quantitative estimate of drug-likeness (QED) is 0.413. The van der Waals surface area contributed by atoms with Gasteiger partial charge >= 0.3 is 0 Å². The van der Waals surface area contributed by atoms with E-state index in [0.29, 0.717) is 41.1 Å². The fraction of sp³-hybridized carbons (Fsp3) is 0.348. The fourth-order valence-corrected chi connectivity index (χ4v) is 4.46. The maximum atomic E-state index is 12.9. The molecule has 2 amide bonds. The molecule has 34 heavy (non-hydrogen) atoms. The SMILES string of the molecule is CC(=O)O.CC1=C(CC(=O)NCc2cc(Cl)ccc2CN)C(=O)N(NCc2ccc(Cl)s2)CC1. The summed E-state index contributed by atoms with van der Waals surface area (Å²) in [5, 5.41) is 12.5. The van der Waals surface area contributed by atoms with Crippen molar-refractivity contribution < 1.29 is 19.5 Å². The Morgan fingerprint density at radius 1 is 1.18 bits per heavy atom. The predicted molar refractivity (Wildman–Crippen MR) is 134 cm³/mol. The van der Waals surface area contributed by atoms with E-state index in [1.807, 2.05) is 25.1 Å². The summed E-state index contributed by atoms with van der Waals surface area (Å²) in [6, 6.07) is 9.18. The number of nitrogens with two attached hydrogens (primary N) is 1. The Labute approximate surface area is 212 Å². The first-order valence-electron chi connectivity index (χ1n) is 10.5. The lowest BCUT2D eigenvalue weighted by Crippen LogP contribution is -2.46. The molecular weight excluding hydrogens is 499 g/mol. The van der Waals surface area contributed by atoms with E-state index < -0.39 is 5.97 Å². The molecule has 0 spiro atoms. The third kappa shape index (κ3) is 8.73. The van der Waals surface area contributed by atoms with Crippen LogP contribution in [0.5, 0.6) is 0 Å². The number of thiophene rings is 1. The van der Waals surface area contributed by atoms with Crippen molar-refractivity contribution in [3.8, 4) is 0 Å². The molecule has 1 aromatic carbocycles. The van der Waals surface area contributed by atoms with E-state index in [4.69, 9.17) is 38.8 Å². The second-order valence-corrected chi connectivity index (χ2v) is 9.83. The van der Waals surface area contributed by atoms with E-state index in [1.165, 1.54) is 11.3 Å². The van der Waals surface area contributed by atoms with Gasteiger partial charge in [0.25, 0.3) is 11.9 Å². The van der Waals surface area contributed by atoms with Crippen molar-refractivity contribution in [1.82, 2.24) is 15.8 Å². The van der Waals surface area contributed by atoms with Gasteiger partial charge < -0.3 is 16.2 Å². The van der Waals surface area contributed by atoms with Crippen molar-refractivity contribution in [3.63, 3.8) is 0 Å². The van der Waals surface area contributed by atoms with Gasteiger partial charge in [0.2, 0.25) is 5.91 Å². The van der Waals surface area contributed by atoms with Crippen LogP contribution in [-0.2, 0) is 34.0 Å². The van der Waals surface area contributed by atoms with Gasteiger partial charge in [-0.15, -0.1) is 11.3 Å². The Morgan fingerprint density at radius 3 is 2.50 bits per heavy atom. The molecule has 0 atom stereocenters. The van der Waals surface area contributed by atoms with Crippen LogP contribution in [0.15, 0.2) is 41.5 Å². The number of nitrogens with zero attached hydrogens (tertiary/aromatic N) is 1. The van der Waals surface area contributed by atoms with Crippen LogP contribution in [0.25, 0.3) is 0 Å². The lowest BCUT2D eigenvalue weighted by molar-refractivity contribution is -0.134. The highest BCUT2D eigenvalue weighted by atomic mass is 35.5. The molecule has 0 unspecified atom stereocenters. The maximum absolute atomic E-state index is 12.9. The highest BCUT2D eigenvalue weighted by Gasteiger charge is 2.26. The van der Waals surface area contributed by atoms with Crippen LogP contribution >= 0.6 is 34.5 Å². The van der Waals surface area contributed by atoms with Gasteiger partial charge in [0.1, 0.15) is 0 Å². The zero-order valence-corrected chi connectivity index (χ0v) is 21.3. The first kappa shape index (κ1) is 27.8. The van der Waals surface area contributed by atoms with E-state index >= 15 is 0 Å². The van der Waals surface area contributed by atoms with Crippen LogP contribution in [0.3, 0.4) is 0 Å². The second kappa shape index (κ2) is 13.5. The summed E-state index contributed by atoms with van der Waals surface area (Å²) in [6.07, 6.45) is 0.754. The average molecular weight is 527 g/mol. The Kier molecular flexibility index (Phi) is 11.0. The molecule has 5 N–H and O–H groups in total.